The van der Waals surface area contributed by atoms with E-state index in [-0.39, 0.29) is 5.88 Å². The Hall–Kier alpha value is -2.21. The quantitative estimate of drug-likeness (QED) is 0.630. The van der Waals surface area contributed by atoms with E-state index in [0.717, 1.165) is 12.1 Å². The summed E-state index contributed by atoms with van der Waals surface area (Å²) in [6, 6.07) is 6.32. The smallest absolute Gasteiger partial charge is 0.314 e. The van der Waals surface area contributed by atoms with Crippen molar-refractivity contribution in [3.63, 3.8) is 0 Å². The van der Waals surface area contributed by atoms with Gasteiger partial charge in [0.15, 0.2) is 5.82 Å². The van der Waals surface area contributed by atoms with Gasteiger partial charge in [-0.3, -0.25) is 10.1 Å². The van der Waals surface area contributed by atoms with Crippen LogP contribution in [-0.2, 0) is 0 Å². The van der Waals surface area contributed by atoms with Gasteiger partial charge < -0.3 is 4.74 Å². The van der Waals surface area contributed by atoms with Gasteiger partial charge in [0.05, 0.1) is 9.95 Å². The average molecular weight is 269 g/mol. The third-order valence-corrected chi connectivity index (χ3v) is 2.27. The number of rotatable bonds is 3. The van der Waals surface area contributed by atoms with Gasteiger partial charge in [0.1, 0.15) is 0 Å². The zero-order chi connectivity index (χ0) is 13.1. The van der Waals surface area contributed by atoms with E-state index < -0.39 is 22.2 Å². The fraction of sp³-hybridized carbons (Fsp3) is 0. The van der Waals surface area contributed by atoms with E-state index in [4.69, 9.17) is 16.3 Å². The number of pyridine rings is 1. The molecule has 1 heterocycles. The molecular weight excluding hydrogens is 263 g/mol. The Bertz CT molecular complexity index is 589. The van der Waals surface area contributed by atoms with E-state index >= 15 is 0 Å². The fourth-order valence-electron chi connectivity index (χ4n) is 1.27. The topological polar surface area (TPSA) is 65.3 Å². The van der Waals surface area contributed by atoms with Crippen LogP contribution in [0.5, 0.6) is 11.6 Å². The summed E-state index contributed by atoms with van der Waals surface area (Å²) in [4.78, 5) is 13.8. The summed E-state index contributed by atoms with van der Waals surface area (Å²) in [6.45, 7) is 0. The molecule has 0 N–H and O–H groups in total. The summed E-state index contributed by atoms with van der Waals surface area (Å²) < 4.78 is 18.6. The minimum atomic E-state index is -0.832. The first-order valence-corrected chi connectivity index (χ1v) is 5.18. The molecule has 0 aliphatic carbocycles. The standard InChI is InChI=1S/C11H6ClFN2O3/c12-7-4-5-10(14-6-7)18-11-8(13)2-1-3-9(11)15(16)17/h1-6H. The van der Waals surface area contributed by atoms with E-state index in [2.05, 4.69) is 4.98 Å². The predicted octanol–water partition coefficient (Wildman–Crippen LogP) is 3.57. The second-order valence-electron chi connectivity index (χ2n) is 3.26. The lowest BCUT2D eigenvalue weighted by Crippen LogP contribution is -1.96. The Morgan fingerprint density at radius 2 is 2.11 bits per heavy atom. The van der Waals surface area contributed by atoms with Crippen molar-refractivity contribution in [1.82, 2.24) is 4.98 Å². The molecule has 0 unspecified atom stereocenters. The van der Waals surface area contributed by atoms with Crippen molar-refractivity contribution >= 4 is 17.3 Å². The highest BCUT2D eigenvalue weighted by molar-refractivity contribution is 6.30. The predicted molar refractivity (Wildman–Crippen MR) is 62.4 cm³/mol. The lowest BCUT2D eigenvalue weighted by atomic mass is 10.3. The maximum absolute atomic E-state index is 13.5. The number of aromatic nitrogens is 1. The maximum Gasteiger partial charge on any atom is 0.314 e. The second kappa shape index (κ2) is 4.97. The zero-order valence-corrected chi connectivity index (χ0v) is 9.60. The van der Waals surface area contributed by atoms with E-state index in [0.29, 0.717) is 5.02 Å². The molecule has 1 aromatic heterocycles. The number of nitro benzene ring substituents is 1. The molecule has 0 radical (unpaired) electrons. The van der Waals surface area contributed by atoms with Gasteiger partial charge in [-0.25, -0.2) is 9.37 Å². The van der Waals surface area contributed by atoms with E-state index in [1.165, 1.54) is 24.4 Å². The van der Waals surface area contributed by atoms with Gasteiger partial charge in [0, 0.05) is 18.3 Å². The molecule has 2 rings (SSSR count). The van der Waals surface area contributed by atoms with Gasteiger partial charge in [-0.05, 0) is 12.1 Å². The number of halogens is 2. The lowest BCUT2D eigenvalue weighted by Gasteiger charge is -2.05. The van der Waals surface area contributed by atoms with E-state index in [9.17, 15) is 14.5 Å². The normalized spacial score (nSPS) is 10.1. The number of ether oxygens (including phenoxy) is 1. The van der Waals surface area contributed by atoms with Crippen LogP contribution in [0.2, 0.25) is 5.02 Å². The monoisotopic (exact) mass is 268 g/mol. The Kier molecular flexibility index (Phi) is 3.38. The Balaban J connectivity index is 2.39. The summed E-state index contributed by atoms with van der Waals surface area (Å²) in [7, 11) is 0. The number of nitrogens with zero attached hydrogens (tertiary/aromatic N) is 2. The van der Waals surface area contributed by atoms with Crippen molar-refractivity contribution < 1.29 is 14.1 Å². The number of para-hydroxylation sites is 1. The Labute approximate surface area is 106 Å². The molecule has 92 valence electrons. The van der Waals surface area contributed by atoms with Crippen LogP contribution in [0.25, 0.3) is 0 Å². The molecule has 18 heavy (non-hydrogen) atoms. The minimum Gasteiger partial charge on any atom is -0.429 e. The maximum atomic E-state index is 13.5. The van der Waals surface area contributed by atoms with Gasteiger partial charge in [-0.1, -0.05) is 17.7 Å². The molecule has 5 nitrogen and oxygen atoms in total. The molecule has 0 fully saturated rings. The van der Waals surface area contributed by atoms with Gasteiger partial charge in [0.25, 0.3) is 0 Å². The van der Waals surface area contributed by atoms with Crippen molar-refractivity contribution in [2.75, 3.05) is 0 Å². The lowest BCUT2D eigenvalue weighted by molar-refractivity contribution is -0.385. The van der Waals surface area contributed by atoms with Crippen LogP contribution in [-0.4, -0.2) is 9.91 Å². The molecule has 2 aromatic rings. The van der Waals surface area contributed by atoms with Gasteiger partial charge >= 0.3 is 5.69 Å². The van der Waals surface area contributed by atoms with Crippen LogP contribution < -0.4 is 4.74 Å². The molecule has 0 saturated carbocycles. The molecule has 0 bridgehead atoms. The first kappa shape index (κ1) is 12.3. The van der Waals surface area contributed by atoms with Gasteiger partial charge in [-0.15, -0.1) is 0 Å². The van der Waals surface area contributed by atoms with Crippen molar-refractivity contribution in [3.05, 3.63) is 57.5 Å². The highest BCUT2D eigenvalue weighted by Gasteiger charge is 2.20. The first-order chi connectivity index (χ1) is 8.58. The number of nitro groups is 1. The number of hydrogen-bond acceptors (Lipinski definition) is 4. The fourth-order valence-corrected chi connectivity index (χ4v) is 1.38. The van der Waals surface area contributed by atoms with Crippen LogP contribution >= 0.6 is 11.6 Å². The van der Waals surface area contributed by atoms with Crippen molar-refractivity contribution in [1.29, 1.82) is 0 Å². The molecule has 1 aromatic carbocycles. The van der Waals surface area contributed by atoms with E-state index in [1.807, 2.05) is 0 Å². The summed E-state index contributed by atoms with van der Waals surface area (Å²) in [5.41, 5.74) is -0.466. The van der Waals surface area contributed by atoms with Crippen molar-refractivity contribution in [3.8, 4) is 11.6 Å². The van der Waals surface area contributed by atoms with Crippen molar-refractivity contribution in [2.24, 2.45) is 0 Å². The summed E-state index contributed by atoms with van der Waals surface area (Å²) in [6.07, 6.45) is 1.30. The molecule has 7 heteroatoms. The third-order valence-electron chi connectivity index (χ3n) is 2.05. The first-order valence-electron chi connectivity index (χ1n) is 4.80. The molecule has 0 aliphatic rings. The van der Waals surface area contributed by atoms with E-state index in [1.54, 1.807) is 0 Å². The summed E-state index contributed by atoms with van der Waals surface area (Å²) in [5.74, 6) is -1.29. The summed E-state index contributed by atoms with van der Waals surface area (Å²) in [5, 5.41) is 11.1. The SMILES string of the molecule is O=[N+]([O-])c1cccc(F)c1Oc1ccc(Cl)cn1. The molecule has 0 saturated heterocycles. The second-order valence-corrected chi connectivity index (χ2v) is 3.70. The van der Waals surface area contributed by atoms with Gasteiger partial charge in [0.2, 0.25) is 11.6 Å². The largest absolute Gasteiger partial charge is 0.429 e. The molecule has 0 spiro atoms. The number of hydrogen-bond donors (Lipinski definition) is 0. The zero-order valence-electron chi connectivity index (χ0n) is 8.84. The van der Waals surface area contributed by atoms with Crippen LogP contribution in [0, 0.1) is 15.9 Å². The molecular formula is C11H6ClFN2O3. The highest BCUT2D eigenvalue weighted by Crippen LogP contribution is 2.33. The third kappa shape index (κ3) is 2.54. The Morgan fingerprint density at radius 1 is 1.33 bits per heavy atom. The van der Waals surface area contributed by atoms with Gasteiger partial charge in [-0.2, -0.15) is 0 Å². The average Bonchev–Trinajstić information content (AvgIpc) is 2.34. The Morgan fingerprint density at radius 3 is 2.72 bits per heavy atom. The molecule has 0 atom stereocenters. The minimum absolute atomic E-state index is 0.0209. The molecule has 0 aliphatic heterocycles. The van der Waals surface area contributed by atoms with Crippen LogP contribution in [0.15, 0.2) is 36.5 Å². The summed E-state index contributed by atoms with van der Waals surface area (Å²) >= 11 is 5.63. The van der Waals surface area contributed by atoms with Crippen LogP contribution in [0.3, 0.4) is 0 Å². The molecule has 0 amide bonds. The number of benzene rings is 1. The van der Waals surface area contributed by atoms with Crippen LogP contribution in [0.4, 0.5) is 10.1 Å². The van der Waals surface area contributed by atoms with Crippen molar-refractivity contribution in [2.45, 2.75) is 0 Å². The highest BCUT2D eigenvalue weighted by atomic mass is 35.5. The van der Waals surface area contributed by atoms with Crippen LogP contribution in [0.1, 0.15) is 0 Å².